The van der Waals surface area contributed by atoms with Crippen molar-refractivity contribution in [2.24, 2.45) is 0 Å². The Kier molecular flexibility index (Phi) is 5.61. The van der Waals surface area contributed by atoms with Gasteiger partial charge < -0.3 is 0 Å². The summed E-state index contributed by atoms with van der Waals surface area (Å²) >= 11 is 6.16. The molecule has 3 nitrogen and oxygen atoms in total. The van der Waals surface area contributed by atoms with Gasteiger partial charge in [0.2, 0.25) is 5.28 Å². The van der Waals surface area contributed by atoms with Crippen LogP contribution in [0.1, 0.15) is 0 Å². The summed E-state index contributed by atoms with van der Waals surface area (Å²) in [6.07, 6.45) is 0. The van der Waals surface area contributed by atoms with E-state index in [-0.39, 0.29) is 44.0 Å². The third kappa shape index (κ3) is 3.72. The van der Waals surface area contributed by atoms with Gasteiger partial charge in [-0.15, -0.1) is 16.4 Å². The molecule has 0 aliphatic rings. The first-order valence-electron chi connectivity index (χ1n) is 8.96. The molecule has 4 rings (SSSR count). The molecule has 0 amide bonds. The summed E-state index contributed by atoms with van der Waals surface area (Å²) in [5, 5.41) is -0.0186. The first kappa shape index (κ1) is 20.6. The van der Waals surface area contributed by atoms with Gasteiger partial charge in [0.25, 0.3) is 0 Å². The number of aromatic nitrogens is 3. The monoisotopic (exact) mass is 393 g/mol. The minimum absolute atomic E-state index is 0.0186. The lowest BCUT2D eigenvalue weighted by Gasteiger charge is -2.20. The highest BCUT2D eigenvalue weighted by atomic mass is 35.5. The van der Waals surface area contributed by atoms with E-state index in [1.54, 1.807) is 0 Å². The van der Waals surface area contributed by atoms with E-state index in [9.17, 15) is 0 Å². The molecule has 0 saturated heterocycles. The Labute approximate surface area is 186 Å². The molecule has 0 fully saturated rings. The van der Waals surface area contributed by atoms with E-state index in [2.05, 4.69) is 15.0 Å². The number of nitrogens with zero attached hydrogens (tertiary/aromatic N) is 3. The lowest BCUT2D eigenvalue weighted by Crippen LogP contribution is -2.55. The fourth-order valence-electron chi connectivity index (χ4n) is 3.12. The van der Waals surface area contributed by atoms with Gasteiger partial charge in [0.05, 0.1) is 0 Å². The maximum absolute atomic E-state index is 6.16. The molecule has 30 heavy (non-hydrogen) atoms. The minimum atomic E-state index is -0.0186. The SMILES string of the molecule is [B]c1c([B])c([B])c(-c2nc(Cl)nc(-c3ccc(-c4ccccc4)cc3)n2)c([B])c1[B]. The van der Waals surface area contributed by atoms with E-state index < -0.39 is 0 Å². The van der Waals surface area contributed by atoms with Crippen LogP contribution in [0, 0.1) is 0 Å². The molecule has 0 N–H and O–H groups in total. The van der Waals surface area contributed by atoms with Crippen molar-refractivity contribution in [2.75, 3.05) is 0 Å². The van der Waals surface area contributed by atoms with Crippen LogP contribution in [-0.2, 0) is 0 Å². The summed E-state index contributed by atoms with van der Waals surface area (Å²) in [5.41, 5.74) is 3.78. The molecule has 1 aromatic heterocycles. The third-order valence-electron chi connectivity index (χ3n) is 4.78. The molecule has 1 heterocycles. The highest BCUT2D eigenvalue weighted by Gasteiger charge is 2.16. The summed E-state index contributed by atoms with van der Waals surface area (Å²) < 4.78 is 0. The number of halogens is 1. The van der Waals surface area contributed by atoms with Gasteiger partial charge >= 0.3 is 0 Å². The van der Waals surface area contributed by atoms with Crippen molar-refractivity contribution in [2.45, 2.75) is 0 Å². The van der Waals surface area contributed by atoms with Crippen molar-refractivity contribution in [1.29, 1.82) is 0 Å². The van der Waals surface area contributed by atoms with Crippen molar-refractivity contribution < 1.29 is 0 Å². The van der Waals surface area contributed by atoms with Gasteiger partial charge in [-0.25, -0.2) is 4.98 Å². The Hall–Kier alpha value is -2.72. The Balaban J connectivity index is 1.81. The highest BCUT2D eigenvalue weighted by molar-refractivity contribution is 6.68. The van der Waals surface area contributed by atoms with Crippen LogP contribution in [0.3, 0.4) is 0 Å². The molecule has 0 aliphatic heterocycles. The zero-order valence-corrected chi connectivity index (χ0v) is 16.6. The molecule has 4 aromatic rings. The third-order valence-corrected chi connectivity index (χ3v) is 4.95. The van der Waals surface area contributed by atoms with E-state index in [1.165, 1.54) is 0 Å². The second-order valence-electron chi connectivity index (χ2n) is 6.64. The Morgan fingerprint density at radius 2 is 0.967 bits per heavy atom. The molecular weight excluding hydrogens is 384 g/mol. The van der Waals surface area contributed by atoms with Gasteiger partial charge in [0.15, 0.2) is 11.6 Å². The quantitative estimate of drug-likeness (QED) is 0.441. The number of hydrogen-bond donors (Lipinski definition) is 0. The topological polar surface area (TPSA) is 38.7 Å². The molecule has 3 aromatic carbocycles. The molecule has 0 unspecified atom stereocenters. The highest BCUT2D eigenvalue weighted by Crippen LogP contribution is 2.24. The molecular formula is C21H9B5ClN3. The largest absolute Gasteiger partial charge is 0.226 e. The van der Waals surface area contributed by atoms with Crippen LogP contribution in [-0.4, -0.2) is 54.2 Å². The smallest absolute Gasteiger partial charge is 0.208 e. The normalized spacial score (nSPS) is 10.8. The maximum atomic E-state index is 6.16. The molecule has 130 valence electrons. The van der Waals surface area contributed by atoms with Crippen molar-refractivity contribution in [1.82, 2.24) is 15.0 Å². The first-order valence-corrected chi connectivity index (χ1v) is 9.33. The average molecular weight is 393 g/mol. The van der Waals surface area contributed by atoms with Crippen molar-refractivity contribution in [3.8, 4) is 33.9 Å². The van der Waals surface area contributed by atoms with E-state index in [0.29, 0.717) is 5.82 Å². The molecule has 0 atom stereocenters. The standard InChI is InChI=1S/C21H9B5ClN3/c22-14-13(15(23)17(25)18(26)16(14)24)20-28-19(29-21(27)30-20)12-8-6-11(7-9-12)10-4-2-1-3-5-10/h1-9H. The lowest BCUT2D eigenvalue weighted by molar-refractivity contribution is 1.07. The number of rotatable bonds is 3. The zero-order chi connectivity index (χ0) is 21.4. The summed E-state index contributed by atoms with van der Waals surface area (Å²) in [6, 6.07) is 17.8. The van der Waals surface area contributed by atoms with Gasteiger partial charge in [-0.05, 0) is 22.7 Å². The summed E-state index contributed by atoms with van der Waals surface area (Å²) in [6.45, 7) is 0. The lowest BCUT2D eigenvalue weighted by atomic mass is 9.60. The Bertz CT molecular complexity index is 1220. The van der Waals surface area contributed by atoms with Gasteiger partial charge in [0, 0.05) is 11.1 Å². The van der Waals surface area contributed by atoms with Crippen LogP contribution in [0.15, 0.2) is 54.6 Å². The molecule has 10 radical (unpaired) electrons. The van der Waals surface area contributed by atoms with Crippen LogP contribution in [0.25, 0.3) is 33.9 Å². The summed E-state index contributed by atoms with van der Waals surface area (Å²) in [5.74, 6) is 0.517. The fraction of sp³-hybridized carbons (Fsp3) is 0. The van der Waals surface area contributed by atoms with Crippen LogP contribution in [0.5, 0.6) is 0 Å². The predicted molar refractivity (Wildman–Crippen MR) is 128 cm³/mol. The van der Waals surface area contributed by atoms with Gasteiger partial charge in [0.1, 0.15) is 39.2 Å². The van der Waals surface area contributed by atoms with Crippen LogP contribution in [0.4, 0.5) is 0 Å². The van der Waals surface area contributed by atoms with Crippen molar-refractivity contribution in [3.63, 3.8) is 0 Å². The zero-order valence-electron chi connectivity index (χ0n) is 15.8. The number of benzene rings is 3. The van der Waals surface area contributed by atoms with E-state index in [0.717, 1.165) is 16.7 Å². The summed E-state index contributed by atoms with van der Waals surface area (Å²) in [7, 11) is 30.0. The first-order chi connectivity index (χ1) is 14.4. The minimum Gasteiger partial charge on any atom is -0.208 e. The van der Waals surface area contributed by atoms with Crippen molar-refractivity contribution >= 4 is 78.1 Å². The second-order valence-corrected chi connectivity index (χ2v) is 6.98. The molecule has 0 saturated carbocycles. The van der Waals surface area contributed by atoms with E-state index in [1.807, 2.05) is 54.6 Å². The molecule has 0 aliphatic carbocycles. The Morgan fingerprint density at radius 3 is 1.57 bits per heavy atom. The second kappa shape index (κ2) is 8.19. The van der Waals surface area contributed by atoms with E-state index >= 15 is 0 Å². The molecule has 9 heteroatoms. The maximum Gasteiger partial charge on any atom is 0.226 e. The predicted octanol–water partition coefficient (Wildman–Crippen LogP) is -0.505. The number of hydrogen-bond acceptors (Lipinski definition) is 3. The van der Waals surface area contributed by atoms with Gasteiger partial charge in [-0.2, -0.15) is 9.97 Å². The molecule has 0 bridgehead atoms. The van der Waals surface area contributed by atoms with Crippen LogP contribution in [0.2, 0.25) is 5.28 Å². The van der Waals surface area contributed by atoms with Crippen LogP contribution < -0.4 is 27.3 Å². The van der Waals surface area contributed by atoms with Gasteiger partial charge in [-0.3, -0.25) is 0 Å². The molecule has 0 spiro atoms. The van der Waals surface area contributed by atoms with Crippen LogP contribution >= 0.6 is 11.6 Å². The summed E-state index contributed by atoms with van der Waals surface area (Å²) in [4.78, 5) is 12.9. The van der Waals surface area contributed by atoms with Gasteiger partial charge in [-0.1, -0.05) is 65.5 Å². The Morgan fingerprint density at radius 1 is 0.500 bits per heavy atom. The average Bonchev–Trinajstić information content (AvgIpc) is 2.77. The van der Waals surface area contributed by atoms with E-state index in [4.69, 9.17) is 50.8 Å². The van der Waals surface area contributed by atoms with Crippen molar-refractivity contribution in [3.05, 3.63) is 59.9 Å². The fourth-order valence-corrected chi connectivity index (χ4v) is 3.28.